The van der Waals surface area contributed by atoms with Gasteiger partial charge in [0.15, 0.2) is 0 Å². The van der Waals surface area contributed by atoms with E-state index in [1.165, 1.54) is 23.3 Å². The van der Waals surface area contributed by atoms with Gasteiger partial charge < -0.3 is 0 Å². The smallest absolute Gasteiger partial charge is 0.137 e. The van der Waals surface area contributed by atoms with E-state index in [0.717, 1.165) is 24.8 Å². The Morgan fingerprint density at radius 1 is 1.10 bits per heavy atom. The molecular weight excluding hydrogens is 263 g/mol. The molecule has 1 aliphatic carbocycles. The lowest BCUT2D eigenvalue weighted by molar-refractivity contribution is -0.118. The van der Waals surface area contributed by atoms with E-state index in [1.54, 1.807) is 12.1 Å². The second-order valence-corrected chi connectivity index (χ2v) is 5.83. The van der Waals surface area contributed by atoms with E-state index < -0.39 is 0 Å². The number of carbonyl (C=O) groups excluding carboxylic acids is 1. The van der Waals surface area contributed by atoms with Gasteiger partial charge in [0.1, 0.15) is 11.6 Å². The van der Waals surface area contributed by atoms with Crippen LogP contribution in [0.2, 0.25) is 0 Å². The third kappa shape index (κ3) is 3.38. The average molecular weight is 282 g/mol. The fourth-order valence-electron chi connectivity index (χ4n) is 3.24. The normalized spacial score (nSPS) is 17.3. The lowest BCUT2D eigenvalue weighted by Crippen LogP contribution is -2.15. The molecule has 108 valence electrons. The molecule has 0 N–H and O–H groups in total. The molecule has 2 aromatic carbocycles. The van der Waals surface area contributed by atoms with Crippen LogP contribution in [-0.2, 0) is 17.6 Å². The van der Waals surface area contributed by atoms with Gasteiger partial charge in [-0.15, -0.1) is 0 Å². The monoisotopic (exact) mass is 282 g/mol. The van der Waals surface area contributed by atoms with Crippen molar-refractivity contribution in [1.29, 1.82) is 0 Å². The first-order valence-corrected chi connectivity index (χ1v) is 7.56. The number of ketones is 1. The number of Topliss-reactive ketones (excluding diaryl/α,β-unsaturated/α-hetero) is 1. The maximum Gasteiger partial charge on any atom is 0.137 e. The first-order chi connectivity index (χ1) is 10.2. The molecule has 1 unspecified atom stereocenters. The Bertz CT molecular complexity index is 630. The Balaban J connectivity index is 1.67. The zero-order valence-electron chi connectivity index (χ0n) is 12.0. The number of hydrogen-bond acceptors (Lipinski definition) is 1. The summed E-state index contributed by atoms with van der Waals surface area (Å²) in [5, 5.41) is 0. The van der Waals surface area contributed by atoms with Crippen LogP contribution < -0.4 is 0 Å². The van der Waals surface area contributed by atoms with E-state index in [-0.39, 0.29) is 11.6 Å². The first-order valence-electron chi connectivity index (χ1n) is 7.56. The zero-order chi connectivity index (χ0) is 14.7. The van der Waals surface area contributed by atoms with Gasteiger partial charge in [-0.25, -0.2) is 4.39 Å². The summed E-state index contributed by atoms with van der Waals surface area (Å²) in [6.45, 7) is 0. The number of hydrogen-bond donors (Lipinski definition) is 0. The van der Waals surface area contributed by atoms with Crippen molar-refractivity contribution in [3.05, 3.63) is 71.0 Å². The van der Waals surface area contributed by atoms with Gasteiger partial charge in [0.25, 0.3) is 0 Å². The van der Waals surface area contributed by atoms with Gasteiger partial charge in [-0.3, -0.25) is 4.79 Å². The van der Waals surface area contributed by atoms with Crippen LogP contribution in [0.1, 0.15) is 41.9 Å². The van der Waals surface area contributed by atoms with Crippen molar-refractivity contribution >= 4 is 5.78 Å². The lowest BCUT2D eigenvalue weighted by atomic mass is 9.80. The molecule has 0 spiro atoms. The molecule has 0 aromatic heterocycles. The van der Waals surface area contributed by atoms with E-state index in [4.69, 9.17) is 0 Å². The minimum Gasteiger partial charge on any atom is -0.299 e. The molecule has 0 heterocycles. The summed E-state index contributed by atoms with van der Waals surface area (Å²) in [6, 6.07) is 14.7. The zero-order valence-corrected chi connectivity index (χ0v) is 12.0. The molecule has 0 fully saturated rings. The summed E-state index contributed by atoms with van der Waals surface area (Å²) in [5.74, 6) is 0.332. The van der Waals surface area contributed by atoms with E-state index in [9.17, 15) is 9.18 Å². The van der Waals surface area contributed by atoms with E-state index in [1.807, 2.05) is 0 Å². The fraction of sp³-hybridized carbons (Fsp3) is 0.316. The fourth-order valence-corrected chi connectivity index (χ4v) is 3.24. The van der Waals surface area contributed by atoms with Crippen LogP contribution in [0.25, 0.3) is 0 Å². The molecule has 0 radical (unpaired) electrons. The van der Waals surface area contributed by atoms with Crippen molar-refractivity contribution in [1.82, 2.24) is 0 Å². The summed E-state index contributed by atoms with van der Waals surface area (Å²) in [7, 11) is 0. The van der Waals surface area contributed by atoms with Crippen LogP contribution in [0, 0.1) is 5.82 Å². The largest absolute Gasteiger partial charge is 0.299 e. The van der Waals surface area contributed by atoms with Crippen LogP contribution in [-0.4, -0.2) is 5.78 Å². The van der Waals surface area contributed by atoms with Crippen LogP contribution in [0.4, 0.5) is 4.39 Å². The molecule has 2 heteroatoms. The van der Waals surface area contributed by atoms with Gasteiger partial charge in [-0.1, -0.05) is 36.4 Å². The van der Waals surface area contributed by atoms with Crippen LogP contribution >= 0.6 is 0 Å². The van der Waals surface area contributed by atoms with Crippen molar-refractivity contribution in [3.8, 4) is 0 Å². The van der Waals surface area contributed by atoms with Gasteiger partial charge in [0.05, 0.1) is 0 Å². The molecule has 1 atom stereocenters. The summed E-state index contributed by atoms with van der Waals surface area (Å²) in [4.78, 5) is 12.3. The third-order valence-electron chi connectivity index (χ3n) is 4.28. The van der Waals surface area contributed by atoms with Crippen molar-refractivity contribution in [3.63, 3.8) is 0 Å². The third-order valence-corrected chi connectivity index (χ3v) is 4.28. The topological polar surface area (TPSA) is 17.1 Å². The molecule has 1 nitrogen and oxygen atoms in total. The van der Waals surface area contributed by atoms with Crippen molar-refractivity contribution < 1.29 is 9.18 Å². The van der Waals surface area contributed by atoms with Gasteiger partial charge >= 0.3 is 0 Å². The first kappa shape index (κ1) is 14.0. The van der Waals surface area contributed by atoms with Gasteiger partial charge in [0, 0.05) is 12.8 Å². The highest BCUT2D eigenvalue weighted by molar-refractivity contribution is 5.81. The molecule has 0 saturated carbocycles. The van der Waals surface area contributed by atoms with Gasteiger partial charge in [-0.2, -0.15) is 0 Å². The Labute approximate surface area is 124 Å². The lowest BCUT2D eigenvalue weighted by Gasteiger charge is -2.25. The minimum absolute atomic E-state index is 0.239. The van der Waals surface area contributed by atoms with E-state index >= 15 is 0 Å². The van der Waals surface area contributed by atoms with Crippen molar-refractivity contribution in [2.24, 2.45) is 0 Å². The number of carbonyl (C=O) groups is 1. The van der Waals surface area contributed by atoms with Crippen LogP contribution in [0.3, 0.4) is 0 Å². The molecule has 0 bridgehead atoms. The highest BCUT2D eigenvalue weighted by Crippen LogP contribution is 2.34. The number of benzene rings is 2. The Morgan fingerprint density at radius 2 is 1.86 bits per heavy atom. The number of halogens is 1. The van der Waals surface area contributed by atoms with Crippen LogP contribution in [0.15, 0.2) is 48.5 Å². The maximum absolute atomic E-state index is 12.9. The SMILES string of the molecule is O=C(Cc1ccc(F)cc1)CC1CCCc2ccccc21. The molecule has 21 heavy (non-hydrogen) atoms. The second kappa shape index (κ2) is 6.21. The Kier molecular flexibility index (Phi) is 4.14. The molecular formula is C19H19FO. The Hall–Kier alpha value is -1.96. The molecule has 0 amide bonds. The van der Waals surface area contributed by atoms with Crippen molar-refractivity contribution in [2.45, 2.75) is 38.0 Å². The summed E-state index contributed by atoms with van der Waals surface area (Å²) in [6.07, 6.45) is 4.36. The predicted molar refractivity (Wildman–Crippen MR) is 81.8 cm³/mol. The van der Waals surface area contributed by atoms with E-state index in [2.05, 4.69) is 24.3 Å². The van der Waals surface area contributed by atoms with Gasteiger partial charge in [-0.05, 0) is 54.0 Å². The number of rotatable bonds is 4. The Morgan fingerprint density at radius 3 is 2.67 bits per heavy atom. The second-order valence-electron chi connectivity index (χ2n) is 5.83. The van der Waals surface area contributed by atoms with Gasteiger partial charge in [0.2, 0.25) is 0 Å². The number of fused-ring (bicyclic) bond motifs is 1. The van der Waals surface area contributed by atoms with Crippen LogP contribution in [0.5, 0.6) is 0 Å². The molecule has 1 aliphatic rings. The van der Waals surface area contributed by atoms with E-state index in [0.29, 0.717) is 18.8 Å². The molecule has 3 rings (SSSR count). The van der Waals surface area contributed by atoms with Crippen molar-refractivity contribution in [2.75, 3.05) is 0 Å². The molecule has 0 saturated heterocycles. The standard InChI is InChI=1S/C19H19FO/c20-17-10-8-14(9-11-17)12-18(21)13-16-6-3-5-15-4-1-2-7-19(15)16/h1-2,4,7-11,16H,3,5-6,12-13H2. The summed E-state index contributed by atoms with van der Waals surface area (Å²) < 4.78 is 12.9. The minimum atomic E-state index is -0.257. The summed E-state index contributed by atoms with van der Waals surface area (Å²) in [5.41, 5.74) is 3.63. The predicted octanol–water partition coefficient (Wildman–Crippen LogP) is 4.45. The molecule has 2 aromatic rings. The molecule has 0 aliphatic heterocycles. The quantitative estimate of drug-likeness (QED) is 0.810. The maximum atomic E-state index is 12.9. The summed E-state index contributed by atoms with van der Waals surface area (Å²) >= 11 is 0. The highest BCUT2D eigenvalue weighted by Gasteiger charge is 2.22. The highest BCUT2D eigenvalue weighted by atomic mass is 19.1. The average Bonchev–Trinajstić information content (AvgIpc) is 2.50. The number of aryl methyl sites for hydroxylation is 1.